The first kappa shape index (κ1) is 24.3. The Bertz CT molecular complexity index is 523. The molecule has 0 aliphatic heterocycles. The van der Waals surface area contributed by atoms with E-state index < -0.39 is 24.0 Å². The van der Waals surface area contributed by atoms with Gasteiger partial charge in [-0.2, -0.15) is 0 Å². The normalized spacial score (nSPS) is 29.5. The second kappa shape index (κ2) is 11.5. The van der Waals surface area contributed by atoms with Gasteiger partial charge >= 0.3 is 180 Å². The van der Waals surface area contributed by atoms with Crippen molar-refractivity contribution in [3.63, 3.8) is 0 Å². The number of hydrogen-bond donors (Lipinski definition) is 1. The molecule has 1 N–H and O–H groups in total. The van der Waals surface area contributed by atoms with Gasteiger partial charge in [0.25, 0.3) is 0 Å². The summed E-state index contributed by atoms with van der Waals surface area (Å²) < 4.78 is 7.48. The molecular weight excluding hydrogens is 447 g/mol. The molecule has 2 aliphatic rings. The van der Waals surface area contributed by atoms with Crippen LogP contribution in [0, 0.1) is 17.8 Å². The van der Waals surface area contributed by atoms with E-state index in [-0.39, 0.29) is 5.41 Å². The maximum absolute atomic E-state index is 11.8. The minimum atomic E-state index is -2.29. The summed E-state index contributed by atoms with van der Waals surface area (Å²) in [6.07, 6.45) is 22.5. The van der Waals surface area contributed by atoms with Gasteiger partial charge in [0, 0.05) is 0 Å². The monoisotopic (exact) mass is 494 g/mol. The van der Waals surface area contributed by atoms with E-state index in [1.54, 1.807) is 5.57 Å². The molecule has 0 amide bonds. The van der Waals surface area contributed by atoms with E-state index in [0.717, 1.165) is 32.1 Å². The summed E-state index contributed by atoms with van der Waals surface area (Å²) in [5.41, 5.74) is 1.11. The van der Waals surface area contributed by atoms with Crippen LogP contribution in [0.1, 0.15) is 111 Å². The number of terminal acetylenes is 1. The summed E-state index contributed by atoms with van der Waals surface area (Å²) in [4.78, 5) is 0. The number of fused-ring (bicyclic) bond motifs is 1. The molecule has 0 spiro atoms. The minimum absolute atomic E-state index is 0.00573. The van der Waals surface area contributed by atoms with Crippen LogP contribution in [-0.2, 0) is 0 Å². The van der Waals surface area contributed by atoms with Crippen LogP contribution in [0.25, 0.3) is 0 Å². The first-order chi connectivity index (χ1) is 13.5. The van der Waals surface area contributed by atoms with Crippen LogP contribution in [0.2, 0.25) is 13.3 Å². The molecule has 2 rings (SSSR count). The van der Waals surface area contributed by atoms with Gasteiger partial charge in [0.1, 0.15) is 0 Å². The van der Waals surface area contributed by atoms with Gasteiger partial charge in [-0.25, -0.2) is 0 Å². The fraction of sp³-hybridized carbons (Fsp3) is 0.846. The quantitative estimate of drug-likeness (QED) is 0.230. The Morgan fingerprint density at radius 1 is 0.964 bits per heavy atom. The zero-order chi connectivity index (χ0) is 20.5. The topological polar surface area (TPSA) is 20.2 Å². The average Bonchev–Trinajstić information content (AvgIpc) is 2.69. The first-order valence-corrected chi connectivity index (χ1v) is 20.1. The zero-order valence-electron chi connectivity index (χ0n) is 19.1. The molecular formula is C26H46OSn. The second-order valence-corrected chi connectivity index (χ2v) is 22.9. The van der Waals surface area contributed by atoms with E-state index in [0.29, 0.717) is 0 Å². The Kier molecular flexibility index (Phi) is 9.95. The van der Waals surface area contributed by atoms with Crippen LogP contribution in [0.3, 0.4) is 0 Å². The van der Waals surface area contributed by atoms with Crippen molar-refractivity contribution in [2.75, 3.05) is 0 Å². The maximum atomic E-state index is 11.8. The third kappa shape index (κ3) is 5.81. The SMILES string of the molecule is C#CCC12CCCCC1(O)C/C(=[CH]/[Sn]([CH2]CCC)([CH2]CCC)[CH2]CCC)CC2. The van der Waals surface area contributed by atoms with Gasteiger partial charge < -0.3 is 0 Å². The number of aliphatic hydroxyl groups is 1. The zero-order valence-corrected chi connectivity index (χ0v) is 22.0. The van der Waals surface area contributed by atoms with Crippen LogP contribution >= 0.6 is 0 Å². The third-order valence-electron chi connectivity index (χ3n) is 7.96. The van der Waals surface area contributed by atoms with Gasteiger partial charge in [-0.15, -0.1) is 0 Å². The van der Waals surface area contributed by atoms with Crippen molar-refractivity contribution in [1.29, 1.82) is 0 Å². The fourth-order valence-electron chi connectivity index (χ4n) is 6.15. The van der Waals surface area contributed by atoms with Gasteiger partial charge in [-0.1, -0.05) is 0 Å². The standard InChI is InChI=1S/C14H19O.3C4H9.Sn/c1-3-7-13-8-4-5-9-14(13,15)11-12(2)6-10-13;3*1-3-4-2;/h1-2,15H,4-11H2;3*1,3-4H2,2H3;. The number of unbranched alkanes of at least 4 members (excludes halogenated alkanes) is 3. The molecule has 160 valence electrons. The van der Waals surface area contributed by atoms with E-state index in [1.165, 1.54) is 71.1 Å². The molecule has 0 aromatic carbocycles. The van der Waals surface area contributed by atoms with Gasteiger partial charge in [-0.05, 0) is 0 Å². The van der Waals surface area contributed by atoms with Crippen LogP contribution in [0.5, 0.6) is 0 Å². The summed E-state index contributed by atoms with van der Waals surface area (Å²) in [7, 11) is 0. The molecule has 2 saturated carbocycles. The Labute approximate surface area is 180 Å². The van der Waals surface area contributed by atoms with E-state index >= 15 is 0 Å². The van der Waals surface area contributed by atoms with Crippen LogP contribution in [0.4, 0.5) is 0 Å². The first-order valence-electron chi connectivity index (χ1n) is 12.4. The predicted molar refractivity (Wildman–Crippen MR) is 126 cm³/mol. The fourth-order valence-corrected chi connectivity index (χ4v) is 21.8. The van der Waals surface area contributed by atoms with Crippen LogP contribution < -0.4 is 0 Å². The molecule has 2 atom stereocenters. The number of rotatable bonds is 11. The van der Waals surface area contributed by atoms with E-state index in [9.17, 15) is 5.11 Å². The molecule has 1 nitrogen and oxygen atoms in total. The van der Waals surface area contributed by atoms with Crippen molar-refractivity contribution in [3.05, 3.63) is 9.67 Å². The summed E-state index contributed by atoms with van der Waals surface area (Å²) in [5.74, 6) is 2.93. The van der Waals surface area contributed by atoms with Crippen molar-refractivity contribution in [2.24, 2.45) is 5.41 Å². The van der Waals surface area contributed by atoms with Crippen LogP contribution in [-0.4, -0.2) is 29.1 Å². The van der Waals surface area contributed by atoms with E-state index in [1.807, 2.05) is 0 Å². The van der Waals surface area contributed by atoms with Crippen molar-refractivity contribution in [2.45, 2.75) is 130 Å². The summed E-state index contributed by atoms with van der Waals surface area (Å²) >= 11 is -2.29. The molecule has 0 heterocycles. The van der Waals surface area contributed by atoms with Gasteiger partial charge in [0.15, 0.2) is 0 Å². The Morgan fingerprint density at radius 2 is 1.54 bits per heavy atom. The molecule has 2 fully saturated rings. The van der Waals surface area contributed by atoms with Crippen molar-refractivity contribution in [3.8, 4) is 12.3 Å². The van der Waals surface area contributed by atoms with Gasteiger partial charge in [0.2, 0.25) is 0 Å². The van der Waals surface area contributed by atoms with Crippen molar-refractivity contribution in [1.82, 2.24) is 0 Å². The summed E-state index contributed by atoms with van der Waals surface area (Å²) in [6, 6.07) is 0. The van der Waals surface area contributed by atoms with Crippen molar-refractivity contribution < 1.29 is 5.11 Å². The van der Waals surface area contributed by atoms with Crippen LogP contribution in [0.15, 0.2) is 9.67 Å². The average molecular weight is 493 g/mol. The van der Waals surface area contributed by atoms with Gasteiger partial charge in [0.05, 0.1) is 0 Å². The molecule has 28 heavy (non-hydrogen) atoms. The number of hydrogen-bond acceptors (Lipinski definition) is 1. The van der Waals surface area contributed by atoms with E-state index in [2.05, 4.69) is 30.8 Å². The molecule has 0 bridgehead atoms. The Morgan fingerprint density at radius 3 is 2.07 bits per heavy atom. The summed E-state index contributed by atoms with van der Waals surface area (Å²) in [5, 5.41) is 11.8. The van der Waals surface area contributed by atoms with Crippen molar-refractivity contribution >= 4 is 18.4 Å². The Balaban J connectivity index is 2.28. The predicted octanol–water partition coefficient (Wildman–Crippen LogP) is 7.80. The summed E-state index contributed by atoms with van der Waals surface area (Å²) in [6.45, 7) is 7.05. The molecule has 0 aromatic heterocycles. The third-order valence-corrected chi connectivity index (χ3v) is 22.4. The molecule has 0 saturated heterocycles. The molecule has 0 aromatic rings. The molecule has 0 radical (unpaired) electrons. The molecule has 2 aliphatic carbocycles. The molecule has 2 heteroatoms. The van der Waals surface area contributed by atoms with Gasteiger partial charge in [-0.3, -0.25) is 0 Å². The van der Waals surface area contributed by atoms with E-state index in [4.69, 9.17) is 6.42 Å². The molecule has 2 unspecified atom stereocenters. The second-order valence-electron chi connectivity index (χ2n) is 10.1. The Hall–Kier alpha value is 0.0587.